The number of likely N-dealkylation sites (tertiary alicyclic amines) is 1. The Morgan fingerprint density at radius 3 is 2.76 bits per heavy atom. The highest BCUT2D eigenvalue weighted by Gasteiger charge is 2.30. The van der Waals surface area contributed by atoms with Gasteiger partial charge in [-0.3, -0.25) is 9.59 Å². The Morgan fingerprint density at radius 2 is 2.24 bits per heavy atom. The summed E-state index contributed by atoms with van der Waals surface area (Å²) >= 11 is 0. The normalized spacial score (nSPS) is 19.8. The highest BCUT2D eigenvalue weighted by molar-refractivity contribution is 5.86. The number of amides is 2. The fourth-order valence-corrected chi connectivity index (χ4v) is 1.86. The molecule has 2 amide bonds. The number of hydrogen-bond acceptors (Lipinski definition) is 3. The Kier molecular flexibility index (Phi) is 7.15. The number of likely N-dealkylation sites (N-methyl/N-ethyl adjacent to an activating group) is 2. The van der Waals surface area contributed by atoms with Crippen molar-refractivity contribution in [2.75, 3.05) is 40.8 Å². The first-order valence-electron chi connectivity index (χ1n) is 5.69. The van der Waals surface area contributed by atoms with Crippen molar-refractivity contribution in [1.82, 2.24) is 15.1 Å². The summed E-state index contributed by atoms with van der Waals surface area (Å²) < 4.78 is 0. The highest BCUT2D eigenvalue weighted by Crippen LogP contribution is 2.19. The molecule has 0 bridgehead atoms. The zero-order valence-electron chi connectivity index (χ0n) is 10.7. The zero-order chi connectivity index (χ0) is 12.1. The summed E-state index contributed by atoms with van der Waals surface area (Å²) in [5.74, 6) is 0.0499. The van der Waals surface area contributed by atoms with Gasteiger partial charge in [0.15, 0.2) is 0 Å². The Bertz CT molecular complexity index is 273. The van der Waals surface area contributed by atoms with Crippen molar-refractivity contribution >= 4 is 24.2 Å². The molecular weight excluding hydrogens is 242 g/mol. The van der Waals surface area contributed by atoms with Crippen LogP contribution in [0.1, 0.15) is 12.8 Å². The molecule has 5 nitrogen and oxygen atoms in total. The van der Waals surface area contributed by atoms with Crippen molar-refractivity contribution in [2.24, 2.45) is 5.92 Å². The van der Waals surface area contributed by atoms with Crippen molar-refractivity contribution in [3.63, 3.8) is 0 Å². The van der Waals surface area contributed by atoms with Gasteiger partial charge in [-0.2, -0.15) is 0 Å². The van der Waals surface area contributed by atoms with Gasteiger partial charge in [-0.15, -0.1) is 12.4 Å². The van der Waals surface area contributed by atoms with Gasteiger partial charge < -0.3 is 15.1 Å². The van der Waals surface area contributed by atoms with Crippen LogP contribution in [0.5, 0.6) is 0 Å². The van der Waals surface area contributed by atoms with E-state index in [1.165, 1.54) is 0 Å². The van der Waals surface area contributed by atoms with Crippen molar-refractivity contribution in [3.8, 4) is 0 Å². The van der Waals surface area contributed by atoms with Gasteiger partial charge in [0.25, 0.3) is 0 Å². The van der Waals surface area contributed by atoms with Crippen LogP contribution in [0.4, 0.5) is 0 Å². The van der Waals surface area contributed by atoms with Gasteiger partial charge in [-0.1, -0.05) is 0 Å². The summed E-state index contributed by atoms with van der Waals surface area (Å²) in [7, 11) is 5.44. The summed E-state index contributed by atoms with van der Waals surface area (Å²) in [5, 5.41) is 3.00. The number of piperidine rings is 1. The molecule has 0 aromatic rings. The molecular formula is C11H22ClN3O2. The fraction of sp³-hybridized carbons (Fsp3) is 0.818. The minimum Gasteiger partial charge on any atom is -0.346 e. The lowest BCUT2D eigenvalue weighted by Crippen LogP contribution is -2.43. The van der Waals surface area contributed by atoms with Crippen LogP contribution in [-0.4, -0.2) is 62.4 Å². The maximum atomic E-state index is 12.0. The van der Waals surface area contributed by atoms with E-state index in [1.807, 2.05) is 7.05 Å². The van der Waals surface area contributed by atoms with Crippen LogP contribution in [0.25, 0.3) is 0 Å². The van der Waals surface area contributed by atoms with Crippen molar-refractivity contribution in [3.05, 3.63) is 0 Å². The average Bonchev–Trinajstić information content (AvgIpc) is 2.28. The van der Waals surface area contributed by atoms with E-state index < -0.39 is 0 Å². The second-order valence-corrected chi connectivity index (χ2v) is 4.37. The largest absolute Gasteiger partial charge is 0.346 e. The van der Waals surface area contributed by atoms with E-state index >= 15 is 0 Å². The molecule has 1 heterocycles. The van der Waals surface area contributed by atoms with E-state index in [0.717, 1.165) is 13.0 Å². The van der Waals surface area contributed by atoms with E-state index in [9.17, 15) is 9.59 Å². The standard InChI is InChI=1S/C11H21N3O2.ClH/c1-12-5-7-14(3)11(16)9-4-6-13(2)10(15)8-9;/h9,12H,4-8H2,1-3H3;1H. The third-order valence-electron chi connectivity index (χ3n) is 3.08. The molecule has 1 aliphatic heterocycles. The first-order valence-corrected chi connectivity index (χ1v) is 5.69. The van der Waals surface area contributed by atoms with Crippen LogP contribution in [0.3, 0.4) is 0 Å². The smallest absolute Gasteiger partial charge is 0.226 e. The monoisotopic (exact) mass is 263 g/mol. The molecule has 17 heavy (non-hydrogen) atoms. The number of rotatable bonds is 4. The number of nitrogens with zero attached hydrogens (tertiary/aromatic N) is 2. The molecule has 0 saturated carbocycles. The minimum absolute atomic E-state index is 0. The maximum Gasteiger partial charge on any atom is 0.226 e. The molecule has 1 N–H and O–H groups in total. The predicted molar refractivity (Wildman–Crippen MR) is 69.2 cm³/mol. The highest BCUT2D eigenvalue weighted by atomic mass is 35.5. The van der Waals surface area contributed by atoms with E-state index in [2.05, 4.69) is 5.32 Å². The van der Waals surface area contributed by atoms with Gasteiger partial charge in [-0.25, -0.2) is 0 Å². The third-order valence-corrected chi connectivity index (χ3v) is 3.08. The molecule has 0 radical (unpaired) electrons. The fourth-order valence-electron chi connectivity index (χ4n) is 1.86. The number of carbonyl (C=O) groups is 2. The number of nitrogens with one attached hydrogen (secondary N) is 1. The molecule has 1 atom stereocenters. The van der Waals surface area contributed by atoms with Crippen molar-refractivity contribution < 1.29 is 9.59 Å². The van der Waals surface area contributed by atoms with Crippen LogP contribution < -0.4 is 5.32 Å². The summed E-state index contributed by atoms with van der Waals surface area (Å²) in [5.41, 5.74) is 0. The topological polar surface area (TPSA) is 52.7 Å². The second kappa shape index (κ2) is 7.50. The maximum absolute atomic E-state index is 12.0. The Labute approximate surface area is 109 Å². The van der Waals surface area contributed by atoms with E-state index in [0.29, 0.717) is 19.5 Å². The quantitative estimate of drug-likeness (QED) is 0.774. The van der Waals surface area contributed by atoms with E-state index in [-0.39, 0.29) is 30.1 Å². The molecule has 0 aromatic carbocycles. The minimum atomic E-state index is -0.120. The van der Waals surface area contributed by atoms with Gasteiger partial charge in [0.05, 0.1) is 0 Å². The Balaban J connectivity index is 0.00000256. The summed E-state index contributed by atoms with van der Waals surface area (Å²) in [6, 6.07) is 0. The molecule has 1 aliphatic rings. The molecule has 0 aliphatic carbocycles. The molecule has 1 rings (SSSR count). The third kappa shape index (κ3) is 4.52. The molecule has 100 valence electrons. The number of hydrogen-bond donors (Lipinski definition) is 1. The van der Waals surface area contributed by atoms with Gasteiger partial charge in [0.1, 0.15) is 0 Å². The van der Waals surface area contributed by atoms with Crippen LogP contribution in [-0.2, 0) is 9.59 Å². The molecule has 1 fully saturated rings. The number of halogens is 1. The average molecular weight is 264 g/mol. The van der Waals surface area contributed by atoms with Gasteiger partial charge >= 0.3 is 0 Å². The van der Waals surface area contributed by atoms with E-state index in [4.69, 9.17) is 0 Å². The van der Waals surface area contributed by atoms with Gasteiger partial charge in [0, 0.05) is 46.1 Å². The molecule has 1 unspecified atom stereocenters. The lowest BCUT2D eigenvalue weighted by molar-refractivity contribution is -0.143. The molecule has 0 aromatic heterocycles. The van der Waals surface area contributed by atoms with Crippen LogP contribution in [0.15, 0.2) is 0 Å². The predicted octanol–water partition coefficient (Wildman–Crippen LogP) is -0.0456. The summed E-state index contributed by atoms with van der Waals surface area (Å²) in [4.78, 5) is 26.9. The molecule has 1 saturated heterocycles. The molecule has 0 spiro atoms. The van der Waals surface area contributed by atoms with Gasteiger partial charge in [0.2, 0.25) is 11.8 Å². The molecule has 6 heteroatoms. The van der Waals surface area contributed by atoms with Crippen molar-refractivity contribution in [2.45, 2.75) is 12.8 Å². The number of carbonyl (C=O) groups excluding carboxylic acids is 2. The second-order valence-electron chi connectivity index (χ2n) is 4.37. The Hall–Kier alpha value is -0.810. The van der Waals surface area contributed by atoms with Gasteiger partial charge in [-0.05, 0) is 13.5 Å². The SMILES string of the molecule is CNCCN(C)C(=O)C1CCN(C)C(=O)C1.Cl. The summed E-state index contributed by atoms with van der Waals surface area (Å²) in [6.45, 7) is 2.16. The first kappa shape index (κ1) is 16.2. The van der Waals surface area contributed by atoms with Crippen LogP contribution >= 0.6 is 12.4 Å². The lowest BCUT2D eigenvalue weighted by Gasteiger charge is -2.30. The Morgan fingerprint density at radius 1 is 1.59 bits per heavy atom. The van der Waals surface area contributed by atoms with Crippen LogP contribution in [0, 0.1) is 5.92 Å². The first-order chi connectivity index (χ1) is 7.56. The van der Waals surface area contributed by atoms with Crippen LogP contribution in [0.2, 0.25) is 0 Å². The lowest BCUT2D eigenvalue weighted by atomic mass is 9.95. The van der Waals surface area contributed by atoms with Crippen molar-refractivity contribution in [1.29, 1.82) is 0 Å². The van der Waals surface area contributed by atoms with E-state index in [1.54, 1.807) is 23.9 Å². The summed E-state index contributed by atoms with van der Waals surface area (Å²) in [6.07, 6.45) is 1.14. The zero-order valence-corrected chi connectivity index (χ0v) is 11.5.